The highest BCUT2D eigenvalue weighted by Gasteiger charge is 2.56. The number of ether oxygens (including phenoxy) is 1. The first-order valence-electron chi connectivity index (χ1n) is 10.7. The zero-order chi connectivity index (χ0) is 22.8. The molecule has 32 heavy (non-hydrogen) atoms. The number of benzene rings is 2. The second-order valence-corrected chi connectivity index (χ2v) is 8.93. The van der Waals surface area contributed by atoms with Gasteiger partial charge in [-0.25, -0.2) is 14.6 Å². The Hall–Kier alpha value is -3.16. The number of aromatic hydroxyl groups is 1. The lowest BCUT2D eigenvalue weighted by Gasteiger charge is -2.22. The molecule has 0 radical (unpaired) electrons. The molecular formula is C25H24O7. The summed E-state index contributed by atoms with van der Waals surface area (Å²) in [7, 11) is 0. The van der Waals surface area contributed by atoms with Crippen molar-refractivity contribution in [2.45, 2.75) is 51.9 Å². The van der Waals surface area contributed by atoms with E-state index >= 15 is 0 Å². The van der Waals surface area contributed by atoms with Crippen molar-refractivity contribution >= 4 is 16.8 Å². The molecule has 0 saturated carbocycles. The molecule has 7 nitrogen and oxygen atoms in total. The van der Waals surface area contributed by atoms with E-state index in [9.17, 15) is 14.7 Å². The topological polar surface area (TPSA) is 95.2 Å². The third-order valence-electron chi connectivity index (χ3n) is 6.40. The van der Waals surface area contributed by atoms with Gasteiger partial charge in [0.25, 0.3) is 0 Å². The van der Waals surface area contributed by atoms with Gasteiger partial charge in [0.1, 0.15) is 22.7 Å². The van der Waals surface area contributed by atoms with Crippen LogP contribution in [0.4, 0.5) is 0 Å². The van der Waals surface area contributed by atoms with Gasteiger partial charge < -0.3 is 14.3 Å². The van der Waals surface area contributed by atoms with Crippen LogP contribution in [-0.2, 0) is 9.78 Å². The Morgan fingerprint density at radius 1 is 1.22 bits per heavy atom. The van der Waals surface area contributed by atoms with Gasteiger partial charge >= 0.3 is 5.63 Å². The average molecular weight is 436 g/mol. The first-order valence-corrected chi connectivity index (χ1v) is 10.7. The Morgan fingerprint density at radius 2 is 1.94 bits per heavy atom. The van der Waals surface area contributed by atoms with Crippen LogP contribution >= 0.6 is 0 Å². The molecule has 166 valence electrons. The van der Waals surface area contributed by atoms with Crippen molar-refractivity contribution in [3.63, 3.8) is 0 Å². The average Bonchev–Trinajstić information content (AvgIpc) is 3.30. The number of rotatable bonds is 4. The number of phenols is 1. The van der Waals surface area contributed by atoms with E-state index in [1.54, 1.807) is 6.92 Å². The van der Waals surface area contributed by atoms with Crippen LogP contribution in [0, 0.1) is 5.92 Å². The predicted molar refractivity (Wildman–Crippen MR) is 117 cm³/mol. The van der Waals surface area contributed by atoms with E-state index in [1.807, 2.05) is 51.1 Å². The quantitative estimate of drug-likeness (QED) is 0.352. The van der Waals surface area contributed by atoms with Gasteiger partial charge in [-0.2, -0.15) is 0 Å². The predicted octanol–water partition coefficient (Wildman–Crippen LogP) is 4.94. The van der Waals surface area contributed by atoms with Crippen LogP contribution in [-0.4, -0.2) is 22.6 Å². The van der Waals surface area contributed by atoms with E-state index in [0.717, 1.165) is 0 Å². The number of phenolic OH excluding ortho intramolecular Hbond substituents is 1. The minimum atomic E-state index is -0.806. The standard InChI is InChI=1S/C25H24O7/c1-5-12(2)19(27)17-20(28)16-14(13-9-7-6-8-10-13)11-15(26)29-21(16)18-22(17)30-24-23(18)31-32-25(24,3)4/h6-12,23-24,28H,5H2,1-4H3/t12?,23-,24+/m0/s1. The smallest absolute Gasteiger partial charge is 0.336 e. The fourth-order valence-electron chi connectivity index (χ4n) is 4.44. The molecule has 1 N–H and O–H groups in total. The zero-order valence-electron chi connectivity index (χ0n) is 18.3. The number of carbonyl (C=O) groups excluding carboxylic acids is 1. The Labute approximate surface area is 184 Å². The summed E-state index contributed by atoms with van der Waals surface area (Å²) in [5.41, 5.74) is 0.425. The zero-order valence-corrected chi connectivity index (χ0v) is 18.3. The van der Waals surface area contributed by atoms with Crippen molar-refractivity contribution in [1.82, 2.24) is 0 Å². The molecule has 0 aliphatic carbocycles. The van der Waals surface area contributed by atoms with E-state index < -0.39 is 23.4 Å². The van der Waals surface area contributed by atoms with E-state index in [1.165, 1.54) is 6.07 Å². The molecule has 2 aromatic carbocycles. The molecule has 2 aliphatic rings. The highest BCUT2D eigenvalue weighted by atomic mass is 17.2. The fraction of sp³-hybridized carbons (Fsp3) is 0.360. The van der Waals surface area contributed by atoms with Gasteiger partial charge in [0.05, 0.1) is 10.9 Å². The highest BCUT2D eigenvalue weighted by molar-refractivity contribution is 6.12. The van der Waals surface area contributed by atoms with Crippen molar-refractivity contribution in [2.75, 3.05) is 0 Å². The first kappa shape index (κ1) is 20.7. The van der Waals surface area contributed by atoms with Crippen LogP contribution in [0.1, 0.15) is 56.1 Å². The second-order valence-electron chi connectivity index (χ2n) is 8.93. The Bertz CT molecular complexity index is 1290. The third kappa shape index (κ3) is 2.88. The lowest BCUT2D eigenvalue weighted by molar-refractivity contribution is -0.321. The lowest BCUT2D eigenvalue weighted by Crippen LogP contribution is -2.36. The summed E-state index contributed by atoms with van der Waals surface area (Å²) in [6.07, 6.45) is -0.684. The monoisotopic (exact) mass is 436 g/mol. The Balaban J connectivity index is 1.91. The maximum atomic E-state index is 13.4. The van der Waals surface area contributed by atoms with Crippen LogP contribution < -0.4 is 10.4 Å². The van der Waals surface area contributed by atoms with Crippen LogP contribution in [0.3, 0.4) is 0 Å². The van der Waals surface area contributed by atoms with Gasteiger partial charge in [0, 0.05) is 17.5 Å². The number of ketones is 1. The maximum Gasteiger partial charge on any atom is 0.336 e. The molecule has 7 heteroatoms. The molecule has 1 saturated heterocycles. The molecular weight excluding hydrogens is 412 g/mol. The molecule has 1 aromatic heterocycles. The van der Waals surface area contributed by atoms with Crippen LogP contribution in [0.15, 0.2) is 45.6 Å². The Kier molecular flexibility index (Phi) is 4.65. The van der Waals surface area contributed by atoms with Gasteiger partial charge in [0.15, 0.2) is 23.6 Å². The molecule has 0 bridgehead atoms. The van der Waals surface area contributed by atoms with Gasteiger partial charge in [-0.3, -0.25) is 4.79 Å². The van der Waals surface area contributed by atoms with Crippen molar-refractivity contribution in [3.8, 4) is 22.6 Å². The summed E-state index contributed by atoms with van der Waals surface area (Å²) in [6.45, 7) is 7.34. The van der Waals surface area contributed by atoms with Crippen molar-refractivity contribution in [3.05, 3.63) is 57.9 Å². The number of fused-ring (bicyclic) bond motifs is 5. The summed E-state index contributed by atoms with van der Waals surface area (Å²) in [5, 5.41) is 11.7. The third-order valence-corrected chi connectivity index (χ3v) is 6.40. The van der Waals surface area contributed by atoms with Crippen molar-refractivity contribution < 1.29 is 28.8 Å². The SMILES string of the molecule is CCC(C)C(=O)c1c2c(c3oc(=O)cc(-c4ccccc4)c3c1O)[C@@H]1OOC(C)(C)[C@@H]1O2. The minimum Gasteiger partial charge on any atom is -0.506 e. The van der Waals surface area contributed by atoms with E-state index in [4.69, 9.17) is 18.9 Å². The number of hydrogen-bond donors (Lipinski definition) is 1. The molecule has 3 aromatic rings. The largest absolute Gasteiger partial charge is 0.506 e. The summed E-state index contributed by atoms with van der Waals surface area (Å²) < 4.78 is 11.8. The van der Waals surface area contributed by atoms with Crippen molar-refractivity contribution in [1.29, 1.82) is 0 Å². The van der Waals surface area contributed by atoms with Crippen LogP contribution in [0.25, 0.3) is 22.1 Å². The minimum absolute atomic E-state index is 0.0849. The molecule has 1 unspecified atom stereocenters. The van der Waals surface area contributed by atoms with E-state index in [0.29, 0.717) is 23.1 Å². The number of carbonyl (C=O) groups is 1. The summed E-state index contributed by atoms with van der Waals surface area (Å²) in [6, 6.07) is 10.5. The molecule has 2 aliphatic heterocycles. The summed E-state index contributed by atoms with van der Waals surface area (Å²) in [4.78, 5) is 37.0. The number of hydrogen-bond acceptors (Lipinski definition) is 7. The lowest BCUT2D eigenvalue weighted by atomic mass is 9.88. The van der Waals surface area contributed by atoms with Gasteiger partial charge in [-0.1, -0.05) is 44.2 Å². The fourth-order valence-corrected chi connectivity index (χ4v) is 4.44. The second kappa shape index (κ2) is 7.18. The van der Waals surface area contributed by atoms with E-state index in [2.05, 4.69) is 0 Å². The Morgan fingerprint density at radius 3 is 2.62 bits per heavy atom. The molecule has 1 fully saturated rings. The van der Waals surface area contributed by atoms with Crippen LogP contribution in [0.2, 0.25) is 0 Å². The summed E-state index contributed by atoms with van der Waals surface area (Å²) in [5.74, 6) is -0.648. The maximum absolute atomic E-state index is 13.4. The normalized spacial score (nSPS) is 21.8. The molecule has 3 atom stereocenters. The van der Waals surface area contributed by atoms with Gasteiger partial charge in [0.2, 0.25) is 0 Å². The molecule has 0 spiro atoms. The molecule has 0 amide bonds. The number of Topliss-reactive ketones (excluding diaryl/α,β-unsaturated/α-hetero) is 1. The van der Waals surface area contributed by atoms with Crippen LogP contribution in [0.5, 0.6) is 11.5 Å². The van der Waals surface area contributed by atoms with E-state index in [-0.39, 0.29) is 39.7 Å². The highest BCUT2D eigenvalue weighted by Crippen LogP contribution is 2.56. The summed E-state index contributed by atoms with van der Waals surface area (Å²) >= 11 is 0. The van der Waals surface area contributed by atoms with Crippen molar-refractivity contribution in [2.24, 2.45) is 5.92 Å². The first-order chi connectivity index (χ1) is 15.2. The molecule has 3 heterocycles. The molecule has 5 rings (SSSR count). The van der Waals surface area contributed by atoms with Gasteiger partial charge in [-0.05, 0) is 25.8 Å². The van der Waals surface area contributed by atoms with Gasteiger partial charge in [-0.15, -0.1) is 0 Å².